The summed E-state index contributed by atoms with van der Waals surface area (Å²) in [5, 5.41) is 16.4. The first-order valence-electron chi connectivity index (χ1n) is 5.39. The van der Waals surface area contributed by atoms with Crippen molar-refractivity contribution in [2.45, 2.75) is 19.9 Å². The highest BCUT2D eigenvalue weighted by molar-refractivity contribution is 5.75. The minimum Gasteiger partial charge on any atom is -0.352 e. The smallest absolute Gasteiger partial charge is 0.219 e. The number of carbonyl (C=O) groups excluding carboxylic acids is 1. The lowest BCUT2D eigenvalue weighted by atomic mass is 10.1. The largest absolute Gasteiger partial charge is 0.352 e. The van der Waals surface area contributed by atoms with Gasteiger partial charge in [0.15, 0.2) is 5.82 Å². The van der Waals surface area contributed by atoms with E-state index in [0.717, 1.165) is 11.1 Å². The van der Waals surface area contributed by atoms with E-state index in [1.165, 1.54) is 0 Å². The van der Waals surface area contributed by atoms with E-state index in [4.69, 9.17) is 0 Å². The maximum Gasteiger partial charge on any atom is 0.219 e. The lowest BCUT2D eigenvalue weighted by Gasteiger charge is -2.04. The topological polar surface area (TPSA) is 83.6 Å². The molecular weight excluding hydrogens is 218 g/mol. The number of hydrogen-bond acceptors (Lipinski definition) is 4. The molecule has 2 rings (SSSR count). The summed E-state index contributed by atoms with van der Waals surface area (Å²) in [7, 11) is 0. The van der Waals surface area contributed by atoms with Crippen LogP contribution >= 0.6 is 0 Å². The van der Waals surface area contributed by atoms with Crippen LogP contribution in [0.4, 0.5) is 0 Å². The molecule has 0 bridgehead atoms. The third kappa shape index (κ3) is 2.87. The molecule has 0 saturated carbocycles. The van der Waals surface area contributed by atoms with Gasteiger partial charge in [0.2, 0.25) is 5.91 Å². The SMILES string of the molecule is CCC(=O)NCc1cccc(-c2nnn[nH]2)c1. The van der Waals surface area contributed by atoms with Crippen molar-refractivity contribution in [3.63, 3.8) is 0 Å². The van der Waals surface area contributed by atoms with Crippen molar-refractivity contribution in [3.8, 4) is 11.4 Å². The van der Waals surface area contributed by atoms with Crippen LogP contribution in [0.25, 0.3) is 11.4 Å². The Morgan fingerprint density at radius 1 is 1.47 bits per heavy atom. The van der Waals surface area contributed by atoms with Crippen LogP contribution in [0.1, 0.15) is 18.9 Å². The standard InChI is InChI=1S/C11H13N5O/c1-2-10(17)12-7-8-4-3-5-9(6-8)11-13-15-16-14-11/h3-6H,2,7H2,1H3,(H,12,17)(H,13,14,15,16). The van der Waals surface area contributed by atoms with Crippen LogP contribution in [0.2, 0.25) is 0 Å². The number of rotatable bonds is 4. The molecule has 0 radical (unpaired) electrons. The number of aromatic amines is 1. The van der Waals surface area contributed by atoms with Gasteiger partial charge in [-0.3, -0.25) is 4.79 Å². The van der Waals surface area contributed by atoms with Crippen molar-refractivity contribution in [1.29, 1.82) is 0 Å². The Morgan fingerprint density at radius 3 is 3.06 bits per heavy atom. The molecule has 88 valence electrons. The average Bonchev–Trinajstić information content (AvgIpc) is 2.90. The van der Waals surface area contributed by atoms with E-state index in [1.807, 2.05) is 31.2 Å². The molecule has 1 amide bonds. The number of nitrogens with one attached hydrogen (secondary N) is 2. The molecule has 0 aliphatic heterocycles. The zero-order chi connectivity index (χ0) is 12.1. The Labute approximate surface area is 98.4 Å². The van der Waals surface area contributed by atoms with Crippen molar-refractivity contribution in [2.75, 3.05) is 0 Å². The van der Waals surface area contributed by atoms with Crippen molar-refractivity contribution in [2.24, 2.45) is 0 Å². The maximum atomic E-state index is 11.1. The molecule has 0 unspecified atom stereocenters. The Morgan fingerprint density at radius 2 is 2.35 bits per heavy atom. The fraction of sp³-hybridized carbons (Fsp3) is 0.273. The quantitative estimate of drug-likeness (QED) is 0.818. The monoisotopic (exact) mass is 231 g/mol. The van der Waals surface area contributed by atoms with Gasteiger partial charge in [-0.15, -0.1) is 5.10 Å². The van der Waals surface area contributed by atoms with Gasteiger partial charge in [0.25, 0.3) is 0 Å². The van der Waals surface area contributed by atoms with Gasteiger partial charge < -0.3 is 5.32 Å². The third-order valence-corrected chi connectivity index (χ3v) is 2.36. The second-order valence-corrected chi connectivity index (χ2v) is 3.58. The van der Waals surface area contributed by atoms with Gasteiger partial charge >= 0.3 is 0 Å². The molecule has 6 nitrogen and oxygen atoms in total. The number of nitrogens with zero attached hydrogens (tertiary/aromatic N) is 3. The first kappa shape index (κ1) is 11.3. The van der Waals surface area contributed by atoms with Gasteiger partial charge in [0.1, 0.15) is 0 Å². The Kier molecular flexibility index (Phi) is 3.44. The second-order valence-electron chi connectivity index (χ2n) is 3.58. The van der Waals surface area contributed by atoms with Crippen molar-refractivity contribution in [1.82, 2.24) is 25.9 Å². The summed E-state index contributed by atoms with van der Waals surface area (Å²) in [4.78, 5) is 11.1. The minimum atomic E-state index is 0.0386. The first-order chi connectivity index (χ1) is 8.29. The number of aromatic nitrogens is 4. The predicted molar refractivity (Wildman–Crippen MR) is 61.8 cm³/mol. The van der Waals surface area contributed by atoms with Gasteiger partial charge in [-0.05, 0) is 22.1 Å². The van der Waals surface area contributed by atoms with E-state index in [2.05, 4.69) is 25.9 Å². The molecule has 17 heavy (non-hydrogen) atoms. The van der Waals surface area contributed by atoms with Gasteiger partial charge in [0.05, 0.1) is 0 Å². The Balaban J connectivity index is 2.09. The number of benzene rings is 1. The van der Waals surface area contributed by atoms with Crippen molar-refractivity contribution < 1.29 is 4.79 Å². The minimum absolute atomic E-state index is 0.0386. The molecule has 0 spiro atoms. The summed E-state index contributed by atoms with van der Waals surface area (Å²) >= 11 is 0. The molecule has 1 aromatic heterocycles. The predicted octanol–water partition coefficient (Wildman–Crippen LogP) is 0.893. The highest BCUT2D eigenvalue weighted by Crippen LogP contribution is 2.14. The number of amides is 1. The van der Waals surface area contributed by atoms with E-state index >= 15 is 0 Å². The van der Waals surface area contributed by atoms with Crippen molar-refractivity contribution >= 4 is 5.91 Å². The first-order valence-corrected chi connectivity index (χ1v) is 5.39. The van der Waals surface area contributed by atoms with E-state index < -0.39 is 0 Å². The van der Waals surface area contributed by atoms with Crippen LogP contribution in [0.5, 0.6) is 0 Å². The number of hydrogen-bond donors (Lipinski definition) is 2. The fourth-order valence-electron chi connectivity index (χ4n) is 1.44. The van der Waals surface area contributed by atoms with Crippen LogP contribution in [0.15, 0.2) is 24.3 Å². The van der Waals surface area contributed by atoms with E-state index in [-0.39, 0.29) is 5.91 Å². The van der Waals surface area contributed by atoms with Crippen LogP contribution < -0.4 is 5.32 Å². The summed E-state index contributed by atoms with van der Waals surface area (Å²) in [5.74, 6) is 0.658. The molecule has 0 aliphatic rings. The highest BCUT2D eigenvalue weighted by atomic mass is 16.1. The summed E-state index contributed by atoms with van der Waals surface area (Å²) in [6, 6.07) is 7.71. The summed E-state index contributed by atoms with van der Waals surface area (Å²) in [6.07, 6.45) is 0.492. The fourth-order valence-corrected chi connectivity index (χ4v) is 1.44. The van der Waals surface area contributed by atoms with Crippen LogP contribution in [-0.4, -0.2) is 26.5 Å². The molecule has 1 aromatic carbocycles. The summed E-state index contributed by atoms with van der Waals surface area (Å²) < 4.78 is 0. The maximum absolute atomic E-state index is 11.1. The highest BCUT2D eigenvalue weighted by Gasteiger charge is 2.03. The number of carbonyl (C=O) groups is 1. The zero-order valence-corrected chi connectivity index (χ0v) is 9.47. The summed E-state index contributed by atoms with van der Waals surface area (Å²) in [6.45, 7) is 2.34. The molecular formula is C11H13N5O. The Hall–Kier alpha value is -2.24. The third-order valence-electron chi connectivity index (χ3n) is 2.36. The average molecular weight is 231 g/mol. The van der Waals surface area contributed by atoms with E-state index in [0.29, 0.717) is 18.8 Å². The molecule has 0 fully saturated rings. The van der Waals surface area contributed by atoms with Crippen LogP contribution in [-0.2, 0) is 11.3 Å². The number of tetrazole rings is 1. The van der Waals surface area contributed by atoms with E-state index in [9.17, 15) is 4.79 Å². The van der Waals surface area contributed by atoms with Crippen LogP contribution in [0.3, 0.4) is 0 Å². The molecule has 1 heterocycles. The molecule has 0 aliphatic carbocycles. The molecule has 0 atom stereocenters. The van der Waals surface area contributed by atoms with Gasteiger partial charge in [0, 0.05) is 18.5 Å². The molecule has 2 aromatic rings. The zero-order valence-electron chi connectivity index (χ0n) is 9.47. The number of H-pyrrole nitrogens is 1. The summed E-state index contributed by atoms with van der Waals surface area (Å²) in [5.41, 5.74) is 1.92. The Bertz CT molecular complexity index is 494. The second kappa shape index (κ2) is 5.20. The van der Waals surface area contributed by atoms with Gasteiger partial charge in [-0.1, -0.05) is 25.1 Å². The van der Waals surface area contributed by atoms with Crippen molar-refractivity contribution in [3.05, 3.63) is 29.8 Å². The van der Waals surface area contributed by atoms with E-state index in [1.54, 1.807) is 0 Å². The lowest BCUT2D eigenvalue weighted by molar-refractivity contribution is -0.120. The molecule has 0 saturated heterocycles. The molecule has 2 N–H and O–H groups in total. The van der Waals surface area contributed by atoms with Gasteiger partial charge in [-0.2, -0.15) is 0 Å². The van der Waals surface area contributed by atoms with Crippen LogP contribution in [0, 0.1) is 0 Å². The lowest BCUT2D eigenvalue weighted by Crippen LogP contribution is -2.21. The normalized spacial score (nSPS) is 10.2. The van der Waals surface area contributed by atoms with Gasteiger partial charge in [-0.25, -0.2) is 5.10 Å². The molecule has 6 heteroatoms.